The highest BCUT2D eigenvalue weighted by Crippen LogP contribution is 2.29. The molecule has 6 nitrogen and oxygen atoms in total. The molecule has 1 N–H and O–H groups in total. The van der Waals surface area contributed by atoms with Crippen LogP contribution in [0, 0.1) is 0 Å². The molecule has 0 spiro atoms. The minimum atomic E-state index is -0.548. The quantitative estimate of drug-likeness (QED) is 0.590. The lowest BCUT2D eigenvalue weighted by Crippen LogP contribution is -2.30. The molecule has 140 valence electrons. The van der Waals surface area contributed by atoms with E-state index in [1.807, 2.05) is 36.4 Å². The Morgan fingerprint density at radius 2 is 1.89 bits per heavy atom. The zero-order valence-corrected chi connectivity index (χ0v) is 16.4. The lowest BCUT2D eigenvalue weighted by Gasteiger charge is -2.17. The average Bonchev–Trinajstić information content (AvgIpc) is 3.12. The number of ether oxygens (including phenoxy) is 2. The highest BCUT2D eigenvalue weighted by Gasteiger charge is 2.22. The summed E-state index contributed by atoms with van der Waals surface area (Å²) in [5.41, 5.74) is 1.28. The van der Waals surface area contributed by atoms with Gasteiger partial charge < -0.3 is 19.2 Å². The van der Waals surface area contributed by atoms with Crippen molar-refractivity contribution in [2.45, 2.75) is 12.5 Å². The third-order valence-corrected chi connectivity index (χ3v) is 4.66. The van der Waals surface area contributed by atoms with Crippen molar-refractivity contribution in [2.75, 3.05) is 14.2 Å². The molecule has 0 bridgehead atoms. The lowest BCUT2D eigenvalue weighted by atomic mass is 10.0. The van der Waals surface area contributed by atoms with E-state index in [0.29, 0.717) is 11.3 Å². The molecule has 3 rings (SSSR count). The molecular formula is C20H18BrNO5. The van der Waals surface area contributed by atoms with Crippen molar-refractivity contribution in [2.24, 2.45) is 0 Å². The third-order valence-electron chi connectivity index (χ3n) is 4.13. The zero-order valence-electron chi connectivity index (χ0n) is 14.8. The number of para-hydroxylation sites is 1. The van der Waals surface area contributed by atoms with Crippen LogP contribution in [-0.4, -0.2) is 26.1 Å². The Morgan fingerprint density at radius 1 is 1.15 bits per heavy atom. The van der Waals surface area contributed by atoms with Crippen LogP contribution in [0.15, 0.2) is 57.4 Å². The molecule has 1 aromatic heterocycles. The number of esters is 1. The van der Waals surface area contributed by atoms with E-state index in [4.69, 9.17) is 13.9 Å². The Hall–Kier alpha value is -2.80. The molecule has 1 atom stereocenters. The van der Waals surface area contributed by atoms with Crippen molar-refractivity contribution in [3.63, 3.8) is 0 Å². The summed E-state index contributed by atoms with van der Waals surface area (Å²) >= 11 is 3.37. The number of carbonyl (C=O) groups is 2. The second-order valence-corrected chi connectivity index (χ2v) is 6.76. The van der Waals surface area contributed by atoms with Crippen molar-refractivity contribution < 1.29 is 23.5 Å². The van der Waals surface area contributed by atoms with Gasteiger partial charge in [0.05, 0.1) is 26.7 Å². The summed E-state index contributed by atoms with van der Waals surface area (Å²) in [6, 6.07) is 13.9. The highest BCUT2D eigenvalue weighted by atomic mass is 79.9. The smallest absolute Gasteiger partial charge is 0.307 e. The second-order valence-electron chi connectivity index (χ2n) is 5.85. The Bertz CT molecular complexity index is 964. The van der Waals surface area contributed by atoms with Crippen LogP contribution in [-0.2, 0) is 9.53 Å². The summed E-state index contributed by atoms with van der Waals surface area (Å²) in [5.74, 6) is -0.161. The molecule has 1 heterocycles. The molecule has 2 aromatic carbocycles. The SMILES string of the molecule is COC(=O)CC(NC(=O)c1cc2cccc(OC)c2o1)c1ccc(Br)cc1. The molecule has 1 amide bonds. The van der Waals surface area contributed by atoms with Gasteiger partial charge in [-0.3, -0.25) is 9.59 Å². The highest BCUT2D eigenvalue weighted by molar-refractivity contribution is 9.10. The summed E-state index contributed by atoms with van der Waals surface area (Å²) in [7, 11) is 2.85. The number of hydrogen-bond acceptors (Lipinski definition) is 5. The van der Waals surface area contributed by atoms with Crippen LogP contribution in [0.3, 0.4) is 0 Å². The average molecular weight is 432 g/mol. The van der Waals surface area contributed by atoms with Crippen molar-refractivity contribution in [3.8, 4) is 5.75 Å². The Balaban J connectivity index is 1.87. The minimum absolute atomic E-state index is 0.00736. The van der Waals surface area contributed by atoms with E-state index in [1.54, 1.807) is 12.1 Å². The maximum Gasteiger partial charge on any atom is 0.307 e. The summed E-state index contributed by atoms with van der Waals surface area (Å²) in [6.45, 7) is 0. The predicted octanol–water partition coefficient (Wildman–Crippen LogP) is 4.24. The fourth-order valence-corrected chi connectivity index (χ4v) is 3.00. The number of methoxy groups -OCH3 is 2. The van der Waals surface area contributed by atoms with Crippen LogP contribution in [0.25, 0.3) is 11.0 Å². The first kappa shape index (κ1) is 19.0. The summed E-state index contributed by atoms with van der Waals surface area (Å²) in [6.07, 6.45) is 0.00736. The normalized spacial score (nSPS) is 11.8. The number of nitrogens with one attached hydrogen (secondary N) is 1. The van der Waals surface area contributed by atoms with Crippen LogP contribution in [0.4, 0.5) is 0 Å². The second kappa shape index (κ2) is 8.26. The molecule has 0 saturated heterocycles. The van der Waals surface area contributed by atoms with Gasteiger partial charge in [-0.1, -0.05) is 40.2 Å². The number of carbonyl (C=O) groups excluding carboxylic acids is 2. The van der Waals surface area contributed by atoms with E-state index in [2.05, 4.69) is 21.2 Å². The van der Waals surface area contributed by atoms with Crippen LogP contribution in [0.2, 0.25) is 0 Å². The van der Waals surface area contributed by atoms with Gasteiger partial charge in [0.2, 0.25) is 0 Å². The third kappa shape index (κ3) is 4.31. The zero-order chi connectivity index (χ0) is 19.4. The van der Waals surface area contributed by atoms with Crippen molar-refractivity contribution in [1.29, 1.82) is 0 Å². The first-order chi connectivity index (χ1) is 13.0. The number of furan rings is 1. The Kier molecular flexibility index (Phi) is 5.81. The largest absolute Gasteiger partial charge is 0.493 e. The van der Waals surface area contributed by atoms with E-state index in [1.165, 1.54) is 14.2 Å². The predicted molar refractivity (Wildman–Crippen MR) is 104 cm³/mol. The van der Waals surface area contributed by atoms with Crippen LogP contribution in [0.5, 0.6) is 5.75 Å². The van der Waals surface area contributed by atoms with Gasteiger partial charge in [-0.05, 0) is 29.8 Å². The summed E-state index contributed by atoms with van der Waals surface area (Å²) in [5, 5.41) is 3.60. The monoisotopic (exact) mass is 431 g/mol. The number of rotatable bonds is 6. The molecule has 3 aromatic rings. The topological polar surface area (TPSA) is 77.8 Å². The van der Waals surface area contributed by atoms with Crippen LogP contribution >= 0.6 is 15.9 Å². The van der Waals surface area contributed by atoms with E-state index in [0.717, 1.165) is 15.4 Å². The fraction of sp³-hybridized carbons (Fsp3) is 0.200. The molecule has 0 aliphatic rings. The van der Waals surface area contributed by atoms with Gasteiger partial charge in [-0.25, -0.2) is 0 Å². The molecular weight excluding hydrogens is 414 g/mol. The maximum absolute atomic E-state index is 12.7. The standard InChI is InChI=1S/C20H18BrNO5/c1-25-16-5-3-4-13-10-17(27-19(13)16)20(24)22-15(11-18(23)26-2)12-6-8-14(21)9-7-12/h3-10,15H,11H2,1-2H3,(H,22,24). The maximum atomic E-state index is 12.7. The number of halogens is 1. The molecule has 27 heavy (non-hydrogen) atoms. The first-order valence-electron chi connectivity index (χ1n) is 8.21. The molecule has 0 aliphatic heterocycles. The van der Waals surface area contributed by atoms with Gasteiger partial charge in [0.1, 0.15) is 0 Å². The Labute approximate surface area is 164 Å². The van der Waals surface area contributed by atoms with E-state index < -0.39 is 17.9 Å². The van der Waals surface area contributed by atoms with Gasteiger partial charge >= 0.3 is 5.97 Å². The fourth-order valence-electron chi connectivity index (χ4n) is 2.74. The minimum Gasteiger partial charge on any atom is -0.493 e. The summed E-state index contributed by atoms with van der Waals surface area (Å²) < 4.78 is 16.6. The van der Waals surface area contributed by atoms with Crippen LogP contribution < -0.4 is 10.1 Å². The number of amides is 1. The van der Waals surface area contributed by atoms with Gasteiger partial charge in [0.25, 0.3) is 5.91 Å². The van der Waals surface area contributed by atoms with Gasteiger partial charge in [0, 0.05) is 9.86 Å². The van der Waals surface area contributed by atoms with E-state index >= 15 is 0 Å². The van der Waals surface area contributed by atoms with Crippen molar-refractivity contribution >= 4 is 38.8 Å². The van der Waals surface area contributed by atoms with Gasteiger partial charge in [0.15, 0.2) is 17.1 Å². The van der Waals surface area contributed by atoms with E-state index in [9.17, 15) is 9.59 Å². The molecule has 1 unspecified atom stereocenters. The molecule has 0 radical (unpaired) electrons. The molecule has 0 aliphatic carbocycles. The number of hydrogen-bond donors (Lipinski definition) is 1. The van der Waals surface area contributed by atoms with Gasteiger partial charge in [-0.15, -0.1) is 0 Å². The van der Waals surface area contributed by atoms with Crippen molar-refractivity contribution in [1.82, 2.24) is 5.32 Å². The van der Waals surface area contributed by atoms with Crippen LogP contribution in [0.1, 0.15) is 28.6 Å². The molecule has 0 fully saturated rings. The van der Waals surface area contributed by atoms with E-state index in [-0.39, 0.29) is 12.2 Å². The number of benzene rings is 2. The number of fused-ring (bicyclic) bond motifs is 1. The molecule has 7 heteroatoms. The Morgan fingerprint density at radius 3 is 2.56 bits per heavy atom. The lowest BCUT2D eigenvalue weighted by molar-refractivity contribution is -0.141. The first-order valence-corrected chi connectivity index (χ1v) is 9.01. The molecule has 0 saturated carbocycles. The van der Waals surface area contributed by atoms with Crippen molar-refractivity contribution in [3.05, 3.63) is 64.3 Å². The van der Waals surface area contributed by atoms with Gasteiger partial charge in [-0.2, -0.15) is 0 Å². The summed E-state index contributed by atoms with van der Waals surface area (Å²) in [4.78, 5) is 24.5.